The molecule has 21 heavy (non-hydrogen) atoms. The topological polar surface area (TPSA) is 33.1 Å². The van der Waals surface area contributed by atoms with Crippen LogP contribution in [0.4, 0.5) is 0 Å². The third-order valence-corrected chi connectivity index (χ3v) is 4.37. The van der Waals surface area contributed by atoms with Crippen LogP contribution in [0.1, 0.15) is 45.9 Å². The first kappa shape index (κ1) is 18.5. The first-order valence-electron chi connectivity index (χ1n) is 7.97. The second kappa shape index (κ2) is 8.76. The highest BCUT2D eigenvalue weighted by Gasteiger charge is 2.27. The molecule has 5 heteroatoms. The van der Waals surface area contributed by atoms with Crippen LogP contribution in [0.2, 0.25) is 5.02 Å². The standard InChI is InChI=1S/C16H31ClN4/c1-7-8-18-15(13(4)12(2)3)16-14(17)11-19-21(16)10-9-20(5)6/h11-13,15,18H,7-10H2,1-6H3. The first-order chi connectivity index (χ1) is 9.88. The Kier molecular flexibility index (Phi) is 7.71. The van der Waals surface area contributed by atoms with Crippen molar-refractivity contribution >= 4 is 11.6 Å². The van der Waals surface area contributed by atoms with Crippen molar-refractivity contribution in [3.05, 3.63) is 16.9 Å². The lowest BCUT2D eigenvalue weighted by atomic mass is 9.88. The highest BCUT2D eigenvalue weighted by molar-refractivity contribution is 6.31. The number of rotatable bonds is 9. The zero-order valence-electron chi connectivity index (χ0n) is 14.4. The maximum absolute atomic E-state index is 6.45. The van der Waals surface area contributed by atoms with Gasteiger partial charge in [0.05, 0.1) is 29.5 Å². The predicted octanol–water partition coefficient (Wildman–Crippen LogP) is 3.43. The molecular weight excluding hydrogens is 284 g/mol. The Morgan fingerprint density at radius 2 is 2.00 bits per heavy atom. The average molecular weight is 315 g/mol. The van der Waals surface area contributed by atoms with E-state index in [9.17, 15) is 0 Å². The minimum Gasteiger partial charge on any atom is -0.308 e. The third kappa shape index (κ3) is 5.28. The summed E-state index contributed by atoms with van der Waals surface area (Å²) >= 11 is 6.45. The zero-order chi connectivity index (χ0) is 16.0. The van der Waals surface area contributed by atoms with Crippen LogP contribution >= 0.6 is 11.6 Å². The molecule has 0 fully saturated rings. The molecule has 1 rings (SSSR count). The molecule has 0 saturated heterocycles. The normalized spacial score (nSPS) is 14.9. The molecule has 2 unspecified atom stereocenters. The first-order valence-corrected chi connectivity index (χ1v) is 8.35. The van der Waals surface area contributed by atoms with Crippen LogP contribution in [0.15, 0.2) is 6.20 Å². The SMILES string of the molecule is CCCNC(c1c(Cl)cnn1CCN(C)C)C(C)C(C)C. The van der Waals surface area contributed by atoms with Gasteiger partial charge < -0.3 is 10.2 Å². The van der Waals surface area contributed by atoms with Gasteiger partial charge in [-0.2, -0.15) is 5.10 Å². The Morgan fingerprint density at radius 3 is 2.52 bits per heavy atom. The minimum atomic E-state index is 0.252. The van der Waals surface area contributed by atoms with E-state index in [0.29, 0.717) is 11.8 Å². The van der Waals surface area contributed by atoms with Crippen molar-refractivity contribution in [2.75, 3.05) is 27.2 Å². The smallest absolute Gasteiger partial charge is 0.0834 e. The molecule has 0 aromatic carbocycles. The van der Waals surface area contributed by atoms with Gasteiger partial charge in [0.1, 0.15) is 0 Å². The number of likely N-dealkylation sites (N-methyl/N-ethyl adjacent to an activating group) is 1. The molecule has 0 saturated carbocycles. The third-order valence-electron chi connectivity index (χ3n) is 4.08. The second-order valence-electron chi connectivity index (χ2n) is 6.44. The van der Waals surface area contributed by atoms with Crippen LogP contribution in [-0.4, -0.2) is 41.9 Å². The lowest BCUT2D eigenvalue weighted by Gasteiger charge is -2.29. The summed E-state index contributed by atoms with van der Waals surface area (Å²) in [6, 6.07) is 0.252. The highest BCUT2D eigenvalue weighted by atomic mass is 35.5. The molecule has 0 spiro atoms. The lowest BCUT2D eigenvalue weighted by molar-refractivity contribution is 0.284. The monoisotopic (exact) mass is 314 g/mol. The van der Waals surface area contributed by atoms with E-state index in [0.717, 1.165) is 36.8 Å². The van der Waals surface area contributed by atoms with Gasteiger partial charge in [-0.3, -0.25) is 4.68 Å². The lowest BCUT2D eigenvalue weighted by Crippen LogP contribution is -2.33. The molecule has 0 aliphatic rings. The van der Waals surface area contributed by atoms with E-state index >= 15 is 0 Å². The van der Waals surface area contributed by atoms with Gasteiger partial charge in [0.15, 0.2) is 0 Å². The molecule has 0 aliphatic carbocycles. The maximum atomic E-state index is 6.45. The van der Waals surface area contributed by atoms with Crippen LogP contribution in [-0.2, 0) is 6.54 Å². The van der Waals surface area contributed by atoms with E-state index < -0.39 is 0 Å². The molecule has 0 radical (unpaired) electrons. The van der Waals surface area contributed by atoms with Gasteiger partial charge in [0.25, 0.3) is 0 Å². The van der Waals surface area contributed by atoms with Gasteiger partial charge in [0.2, 0.25) is 0 Å². The summed E-state index contributed by atoms with van der Waals surface area (Å²) in [4.78, 5) is 2.17. The summed E-state index contributed by atoms with van der Waals surface area (Å²) in [6.07, 6.45) is 2.89. The van der Waals surface area contributed by atoms with Crippen molar-refractivity contribution in [3.63, 3.8) is 0 Å². The van der Waals surface area contributed by atoms with Gasteiger partial charge in [-0.1, -0.05) is 39.3 Å². The van der Waals surface area contributed by atoms with Crippen molar-refractivity contribution in [2.24, 2.45) is 11.8 Å². The fourth-order valence-electron chi connectivity index (χ4n) is 2.37. The van der Waals surface area contributed by atoms with Crippen molar-refractivity contribution in [1.29, 1.82) is 0 Å². The van der Waals surface area contributed by atoms with E-state index in [2.05, 4.69) is 61.8 Å². The largest absolute Gasteiger partial charge is 0.308 e. The number of hydrogen-bond donors (Lipinski definition) is 1. The maximum Gasteiger partial charge on any atom is 0.0834 e. The van der Waals surface area contributed by atoms with Gasteiger partial charge in [-0.15, -0.1) is 0 Å². The summed E-state index contributed by atoms with van der Waals surface area (Å²) in [5, 5.41) is 8.91. The molecular formula is C16H31ClN4. The molecule has 1 aromatic rings. The Morgan fingerprint density at radius 1 is 1.33 bits per heavy atom. The van der Waals surface area contributed by atoms with Crippen molar-refractivity contribution in [2.45, 2.75) is 46.7 Å². The van der Waals surface area contributed by atoms with Crippen LogP contribution in [0.3, 0.4) is 0 Å². The molecule has 0 amide bonds. The minimum absolute atomic E-state index is 0.252. The average Bonchev–Trinajstić information content (AvgIpc) is 2.78. The van der Waals surface area contributed by atoms with Crippen LogP contribution < -0.4 is 5.32 Å². The number of aromatic nitrogens is 2. The molecule has 2 atom stereocenters. The van der Waals surface area contributed by atoms with E-state index in [1.165, 1.54) is 0 Å². The Hall–Kier alpha value is -0.580. The summed E-state index contributed by atoms with van der Waals surface area (Å²) in [5.41, 5.74) is 1.13. The molecule has 4 nitrogen and oxygen atoms in total. The summed E-state index contributed by atoms with van der Waals surface area (Å²) < 4.78 is 2.06. The van der Waals surface area contributed by atoms with Crippen LogP contribution in [0.5, 0.6) is 0 Å². The second-order valence-corrected chi connectivity index (χ2v) is 6.85. The molecule has 0 aliphatic heterocycles. The van der Waals surface area contributed by atoms with Crippen molar-refractivity contribution < 1.29 is 0 Å². The predicted molar refractivity (Wildman–Crippen MR) is 90.8 cm³/mol. The highest BCUT2D eigenvalue weighted by Crippen LogP contribution is 2.32. The number of hydrogen-bond acceptors (Lipinski definition) is 3. The molecule has 1 aromatic heterocycles. The van der Waals surface area contributed by atoms with Gasteiger partial charge >= 0.3 is 0 Å². The fourth-order valence-corrected chi connectivity index (χ4v) is 2.63. The van der Waals surface area contributed by atoms with Crippen LogP contribution in [0.25, 0.3) is 0 Å². The Bertz CT molecular complexity index is 414. The zero-order valence-corrected chi connectivity index (χ0v) is 15.1. The number of nitrogens with zero attached hydrogens (tertiary/aromatic N) is 3. The van der Waals surface area contributed by atoms with E-state index in [4.69, 9.17) is 11.6 Å². The van der Waals surface area contributed by atoms with Gasteiger partial charge in [-0.05, 0) is 38.9 Å². The summed E-state index contributed by atoms with van der Waals surface area (Å²) in [6.45, 7) is 11.8. The molecule has 1 heterocycles. The summed E-state index contributed by atoms with van der Waals surface area (Å²) in [5.74, 6) is 1.09. The number of halogens is 1. The molecule has 1 N–H and O–H groups in total. The molecule has 122 valence electrons. The fraction of sp³-hybridized carbons (Fsp3) is 0.812. The van der Waals surface area contributed by atoms with Crippen molar-refractivity contribution in [1.82, 2.24) is 20.0 Å². The van der Waals surface area contributed by atoms with Crippen LogP contribution in [0, 0.1) is 11.8 Å². The Balaban J connectivity index is 3.02. The van der Waals surface area contributed by atoms with E-state index in [-0.39, 0.29) is 6.04 Å². The van der Waals surface area contributed by atoms with Crippen molar-refractivity contribution in [3.8, 4) is 0 Å². The number of nitrogens with one attached hydrogen (secondary N) is 1. The van der Waals surface area contributed by atoms with Gasteiger partial charge in [0, 0.05) is 6.54 Å². The van der Waals surface area contributed by atoms with E-state index in [1.807, 2.05) is 0 Å². The Labute approximate surface area is 134 Å². The quantitative estimate of drug-likeness (QED) is 0.758. The van der Waals surface area contributed by atoms with Gasteiger partial charge in [-0.25, -0.2) is 0 Å². The molecule has 0 bridgehead atoms. The summed E-state index contributed by atoms with van der Waals surface area (Å²) in [7, 11) is 4.16. The van der Waals surface area contributed by atoms with E-state index in [1.54, 1.807) is 6.20 Å².